The monoisotopic (exact) mass is 372 g/mol. The van der Waals surface area contributed by atoms with Crippen molar-refractivity contribution in [3.05, 3.63) is 52.3 Å². The molecule has 0 aliphatic carbocycles. The van der Waals surface area contributed by atoms with Gasteiger partial charge >= 0.3 is 0 Å². The van der Waals surface area contributed by atoms with E-state index in [1.54, 1.807) is 0 Å². The first kappa shape index (κ1) is 18.9. The Morgan fingerprint density at radius 2 is 2.19 bits per heavy atom. The number of ether oxygens (including phenoxy) is 1. The van der Waals surface area contributed by atoms with Gasteiger partial charge in [0, 0.05) is 25.0 Å². The van der Waals surface area contributed by atoms with Crippen molar-refractivity contribution in [3.8, 4) is 5.75 Å². The van der Waals surface area contributed by atoms with Crippen molar-refractivity contribution in [3.63, 3.8) is 0 Å². The van der Waals surface area contributed by atoms with Crippen molar-refractivity contribution < 1.29 is 14.5 Å². The van der Waals surface area contributed by atoms with Gasteiger partial charge in [-0.15, -0.1) is 0 Å². The Bertz CT molecular complexity index is 848. The molecule has 2 heterocycles. The van der Waals surface area contributed by atoms with Crippen LogP contribution in [0.5, 0.6) is 5.75 Å². The van der Waals surface area contributed by atoms with Gasteiger partial charge < -0.3 is 14.6 Å². The van der Waals surface area contributed by atoms with E-state index in [0.717, 1.165) is 19.4 Å². The van der Waals surface area contributed by atoms with Crippen LogP contribution in [0.3, 0.4) is 0 Å². The van der Waals surface area contributed by atoms with Gasteiger partial charge in [0.1, 0.15) is 5.75 Å². The van der Waals surface area contributed by atoms with Gasteiger partial charge in [-0.3, -0.25) is 19.8 Å². The summed E-state index contributed by atoms with van der Waals surface area (Å²) in [6.07, 6.45) is 4.06. The standard InChI is InChI=1S/C19H24N4O4/c1-13(22-11-5-7-17(22)16-6-4-10-21(16)2)19(24)20-15-9-8-14(23(25)26)12-18(15)27-3/h4,6,8-10,12-13,17H,5,7,11H2,1-3H3,(H,20,24)/t13-,17-/m1/s1. The van der Waals surface area contributed by atoms with E-state index in [1.165, 1.54) is 31.0 Å². The Hall–Kier alpha value is -2.87. The minimum Gasteiger partial charge on any atom is -0.494 e. The lowest BCUT2D eigenvalue weighted by Gasteiger charge is -2.30. The van der Waals surface area contributed by atoms with Crippen LogP contribution in [0.4, 0.5) is 11.4 Å². The van der Waals surface area contributed by atoms with E-state index >= 15 is 0 Å². The number of carbonyl (C=O) groups is 1. The van der Waals surface area contributed by atoms with Crippen LogP contribution in [0.15, 0.2) is 36.5 Å². The maximum absolute atomic E-state index is 12.8. The number of likely N-dealkylation sites (tertiary alicyclic amines) is 1. The average Bonchev–Trinajstić information content (AvgIpc) is 3.29. The van der Waals surface area contributed by atoms with E-state index in [1.807, 2.05) is 26.2 Å². The number of nitrogens with one attached hydrogen (secondary N) is 1. The highest BCUT2D eigenvalue weighted by Crippen LogP contribution is 2.34. The maximum atomic E-state index is 12.8. The highest BCUT2D eigenvalue weighted by atomic mass is 16.6. The first-order chi connectivity index (χ1) is 12.9. The molecule has 1 amide bonds. The number of hydrogen-bond acceptors (Lipinski definition) is 5. The normalized spacial score (nSPS) is 18.3. The smallest absolute Gasteiger partial charge is 0.273 e. The number of benzene rings is 1. The van der Waals surface area contributed by atoms with Crippen LogP contribution in [-0.4, -0.2) is 40.0 Å². The van der Waals surface area contributed by atoms with Crippen molar-refractivity contribution in [2.45, 2.75) is 31.8 Å². The summed E-state index contributed by atoms with van der Waals surface area (Å²) in [5.41, 5.74) is 1.54. The highest BCUT2D eigenvalue weighted by molar-refractivity contribution is 5.96. The molecule has 0 radical (unpaired) electrons. The largest absolute Gasteiger partial charge is 0.494 e. The predicted molar refractivity (Wildman–Crippen MR) is 102 cm³/mol. The number of rotatable bonds is 6. The summed E-state index contributed by atoms with van der Waals surface area (Å²) in [7, 11) is 3.43. The van der Waals surface area contributed by atoms with Gasteiger partial charge in [0.2, 0.25) is 5.91 Å². The Labute approximate surface area is 157 Å². The molecule has 1 aliphatic rings. The SMILES string of the molecule is COc1cc([N+](=O)[O-])ccc1NC(=O)[C@@H](C)N1CCC[C@@H]1c1cccn1C. The number of methoxy groups -OCH3 is 1. The molecule has 1 aromatic heterocycles. The van der Waals surface area contributed by atoms with Crippen LogP contribution in [0.1, 0.15) is 31.5 Å². The van der Waals surface area contributed by atoms with Gasteiger partial charge in [0.25, 0.3) is 5.69 Å². The number of hydrogen-bond donors (Lipinski definition) is 1. The number of aryl methyl sites for hydroxylation is 1. The van der Waals surface area contributed by atoms with Crippen molar-refractivity contribution in [2.24, 2.45) is 7.05 Å². The van der Waals surface area contributed by atoms with E-state index in [4.69, 9.17) is 4.74 Å². The van der Waals surface area contributed by atoms with E-state index in [2.05, 4.69) is 20.9 Å². The molecule has 1 aliphatic heterocycles. The zero-order chi connectivity index (χ0) is 19.6. The number of carbonyl (C=O) groups excluding carboxylic acids is 1. The second-order valence-corrected chi connectivity index (χ2v) is 6.75. The fraction of sp³-hybridized carbons (Fsp3) is 0.421. The fourth-order valence-electron chi connectivity index (χ4n) is 3.68. The first-order valence-electron chi connectivity index (χ1n) is 8.92. The Morgan fingerprint density at radius 3 is 2.81 bits per heavy atom. The van der Waals surface area contributed by atoms with Gasteiger partial charge in [0.05, 0.1) is 35.9 Å². The number of nitrogens with zero attached hydrogens (tertiary/aromatic N) is 3. The summed E-state index contributed by atoms with van der Waals surface area (Å²) in [4.78, 5) is 25.5. The zero-order valence-electron chi connectivity index (χ0n) is 15.7. The van der Waals surface area contributed by atoms with Gasteiger partial charge in [-0.2, -0.15) is 0 Å². The number of aromatic nitrogens is 1. The highest BCUT2D eigenvalue weighted by Gasteiger charge is 2.34. The lowest BCUT2D eigenvalue weighted by Crippen LogP contribution is -2.42. The van der Waals surface area contributed by atoms with Crippen LogP contribution in [0, 0.1) is 10.1 Å². The number of anilines is 1. The molecule has 2 atom stereocenters. The molecule has 8 nitrogen and oxygen atoms in total. The van der Waals surface area contributed by atoms with Gasteiger partial charge in [-0.1, -0.05) is 0 Å². The topological polar surface area (TPSA) is 89.6 Å². The number of non-ortho nitro benzene ring substituents is 1. The molecule has 0 spiro atoms. The number of nitro benzene ring substituents is 1. The molecular weight excluding hydrogens is 348 g/mol. The molecule has 1 fully saturated rings. The molecular formula is C19H24N4O4. The Morgan fingerprint density at radius 1 is 1.41 bits per heavy atom. The number of amides is 1. The Balaban J connectivity index is 1.76. The second-order valence-electron chi connectivity index (χ2n) is 6.75. The lowest BCUT2D eigenvalue weighted by atomic mass is 10.1. The first-order valence-corrected chi connectivity index (χ1v) is 8.92. The van der Waals surface area contributed by atoms with Crippen LogP contribution >= 0.6 is 0 Å². The summed E-state index contributed by atoms with van der Waals surface area (Å²) in [5, 5.41) is 13.8. The zero-order valence-corrected chi connectivity index (χ0v) is 15.7. The van der Waals surface area contributed by atoms with E-state index in [0.29, 0.717) is 5.69 Å². The van der Waals surface area contributed by atoms with Crippen molar-refractivity contribution in [2.75, 3.05) is 19.0 Å². The third-order valence-electron chi connectivity index (χ3n) is 5.15. The molecule has 27 heavy (non-hydrogen) atoms. The molecule has 2 aromatic rings. The summed E-state index contributed by atoms with van der Waals surface area (Å²) >= 11 is 0. The molecule has 0 unspecified atom stereocenters. The molecule has 1 saturated heterocycles. The summed E-state index contributed by atoms with van der Waals surface area (Å²) in [5.74, 6) is 0.105. The third kappa shape index (κ3) is 3.80. The number of nitro groups is 1. The minimum absolute atomic E-state index is 0.0822. The third-order valence-corrected chi connectivity index (χ3v) is 5.15. The fourth-order valence-corrected chi connectivity index (χ4v) is 3.68. The molecule has 144 valence electrons. The quantitative estimate of drug-likeness (QED) is 0.622. The maximum Gasteiger partial charge on any atom is 0.273 e. The molecule has 1 aromatic carbocycles. The second kappa shape index (κ2) is 7.79. The van der Waals surface area contributed by atoms with E-state index in [9.17, 15) is 14.9 Å². The van der Waals surface area contributed by atoms with Gasteiger partial charge in [-0.05, 0) is 44.5 Å². The summed E-state index contributed by atoms with van der Waals surface area (Å²) < 4.78 is 7.29. The van der Waals surface area contributed by atoms with Crippen molar-refractivity contribution in [1.82, 2.24) is 9.47 Å². The molecule has 1 N–H and O–H groups in total. The Kier molecular flexibility index (Phi) is 5.46. The minimum atomic E-state index is -0.495. The van der Waals surface area contributed by atoms with E-state index < -0.39 is 4.92 Å². The van der Waals surface area contributed by atoms with Crippen LogP contribution < -0.4 is 10.1 Å². The molecule has 3 rings (SSSR count). The summed E-state index contributed by atoms with van der Waals surface area (Å²) in [6.45, 7) is 2.73. The van der Waals surface area contributed by atoms with Crippen LogP contribution in [0.25, 0.3) is 0 Å². The molecule has 0 bridgehead atoms. The molecule has 8 heteroatoms. The lowest BCUT2D eigenvalue weighted by molar-refractivity contribution is -0.384. The predicted octanol–water partition coefficient (Wildman–Crippen LogP) is 3.11. The molecule has 0 saturated carbocycles. The van der Waals surface area contributed by atoms with E-state index in [-0.39, 0.29) is 29.4 Å². The van der Waals surface area contributed by atoms with Crippen molar-refractivity contribution in [1.29, 1.82) is 0 Å². The summed E-state index contributed by atoms with van der Waals surface area (Å²) in [6, 6.07) is 8.12. The average molecular weight is 372 g/mol. The van der Waals surface area contributed by atoms with Crippen LogP contribution in [-0.2, 0) is 11.8 Å². The van der Waals surface area contributed by atoms with Gasteiger partial charge in [0.15, 0.2) is 0 Å². The van der Waals surface area contributed by atoms with Crippen molar-refractivity contribution >= 4 is 17.3 Å². The van der Waals surface area contributed by atoms with Gasteiger partial charge in [-0.25, -0.2) is 0 Å². The van der Waals surface area contributed by atoms with Crippen LogP contribution in [0.2, 0.25) is 0 Å².